The number of rotatable bonds is 12. The second-order valence-corrected chi connectivity index (χ2v) is 17.0. The molecule has 1 heterocycles. The van der Waals surface area contributed by atoms with Crippen LogP contribution in [0.15, 0.2) is 279 Å². The quantitative estimate of drug-likeness (QED) is 0.111. The molecule has 11 aromatic rings. The zero-order valence-corrected chi connectivity index (χ0v) is 37.2. The van der Waals surface area contributed by atoms with Crippen LogP contribution in [0.4, 0.5) is 11.4 Å². The van der Waals surface area contributed by atoms with E-state index in [0.717, 1.165) is 45.8 Å². The van der Waals surface area contributed by atoms with Crippen LogP contribution in [-0.2, 0) is 6.42 Å². The number of aromatic nitrogens is 1. The number of allylic oxidation sites excluding steroid dienone is 4. The zero-order chi connectivity index (χ0) is 44.9. The molecule has 1 aromatic heterocycles. The average Bonchev–Trinajstić information content (AvgIpc) is 3.73. The first kappa shape index (κ1) is 41.0. The predicted octanol–water partition coefficient (Wildman–Crippen LogP) is 17.5. The van der Waals surface area contributed by atoms with E-state index in [1.165, 1.54) is 66.1 Å². The summed E-state index contributed by atoms with van der Waals surface area (Å²) in [4.78, 5) is 2.29. The Labute approximate surface area is 393 Å². The Kier molecular flexibility index (Phi) is 11.3. The third-order valence-electron chi connectivity index (χ3n) is 12.9. The SMILES string of the molecule is C=C(/C=C\C=C(/Cc1ccccc1-c1ccccc1)c1ccccc1)N(c1ccc(-c2ccc(-c3ccc4ccccc4c3)cc2)cc1)c1ccccc1-n1c2ccccc2c2ccccc21. The first-order valence-electron chi connectivity index (χ1n) is 23.0. The molecule has 0 unspecified atom stereocenters. The summed E-state index contributed by atoms with van der Waals surface area (Å²) in [5.74, 6) is 0. The summed E-state index contributed by atoms with van der Waals surface area (Å²) in [6.07, 6.45) is 7.34. The second kappa shape index (κ2) is 18.4. The summed E-state index contributed by atoms with van der Waals surface area (Å²) >= 11 is 0. The van der Waals surface area contributed by atoms with E-state index >= 15 is 0 Å². The molecule has 318 valence electrons. The van der Waals surface area contributed by atoms with Crippen molar-refractivity contribution in [2.75, 3.05) is 4.90 Å². The maximum Gasteiger partial charge on any atom is 0.0702 e. The zero-order valence-electron chi connectivity index (χ0n) is 37.2. The molecule has 0 atom stereocenters. The maximum atomic E-state index is 4.80. The van der Waals surface area contributed by atoms with Crippen molar-refractivity contribution in [3.63, 3.8) is 0 Å². The van der Waals surface area contributed by atoms with Crippen molar-refractivity contribution in [1.82, 2.24) is 4.57 Å². The molecular weight excluding hydrogens is 809 g/mol. The predicted molar refractivity (Wildman–Crippen MR) is 286 cm³/mol. The fourth-order valence-electron chi connectivity index (χ4n) is 9.55. The lowest BCUT2D eigenvalue weighted by Crippen LogP contribution is -2.16. The molecule has 67 heavy (non-hydrogen) atoms. The Morgan fingerprint density at radius 3 is 1.70 bits per heavy atom. The Hall–Kier alpha value is -8.72. The maximum absolute atomic E-state index is 4.80. The van der Waals surface area contributed by atoms with Gasteiger partial charge in [-0.2, -0.15) is 0 Å². The van der Waals surface area contributed by atoms with Gasteiger partial charge in [-0.05, 0) is 116 Å². The molecule has 0 amide bonds. The first-order chi connectivity index (χ1) is 33.2. The van der Waals surface area contributed by atoms with E-state index in [4.69, 9.17) is 6.58 Å². The fourth-order valence-corrected chi connectivity index (χ4v) is 9.55. The highest BCUT2D eigenvalue weighted by molar-refractivity contribution is 6.09. The highest BCUT2D eigenvalue weighted by Crippen LogP contribution is 2.40. The second-order valence-electron chi connectivity index (χ2n) is 17.0. The van der Waals surface area contributed by atoms with Gasteiger partial charge in [0.25, 0.3) is 0 Å². The van der Waals surface area contributed by atoms with Crippen LogP contribution in [-0.4, -0.2) is 4.57 Å². The van der Waals surface area contributed by atoms with Crippen molar-refractivity contribution in [1.29, 1.82) is 0 Å². The Balaban J connectivity index is 0.980. The number of benzene rings is 10. The summed E-state index contributed by atoms with van der Waals surface area (Å²) in [6.45, 7) is 4.80. The molecular formula is C65H48N2. The summed E-state index contributed by atoms with van der Waals surface area (Å²) in [6, 6.07) is 89.2. The highest BCUT2D eigenvalue weighted by Gasteiger charge is 2.20. The minimum Gasteiger partial charge on any atom is -0.309 e. The molecule has 0 aliphatic rings. The molecule has 0 bridgehead atoms. The lowest BCUT2D eigenvalue weighted by molar-refractivity contribution is 1.13. The third-order valence-corrected chi connectivity index (χ3v) is 12.9. The standard InChI is InChI=1S/C65H48N2/c1-47(19-18-27-55(48-20-4-2-5-21-48)46-57-26-10-11-28-59(57)53-23-6-3-7-24-53)66(64-33-16-17-34-65(64)67-62-31-14-12-29-60(62)61-30-13-15-32-63(61)67)58-43-41-51(42-44-58)50-35-37-52(38-36-50)56-40-39-49-22-8-9-25-54(49)45-56/h2-45H,1,46H2/b19-18-,55-27+. The van der Waals surface area contributed by atoms with Crippen LogP contribution in [0.3, 0.4) is 0 Å². The van der Waals surface area contributed by atoms with E-state index in [-0.39, 0.29) is 0 Å². The number of hydrogen-bond acceptors (Lipinski definition) is 1. The van der Waals surface area contributed by atoms with Crippen molar-refractivity contribution in [3.8, 4) is 39.1 Å². The van der Waals surface area contributed by atoms with Gasteiger partial charge in [0.2, 0.25) is 0 Å². The van der Waals surface area contributed by atoms with E-state index in [1.807, 2.05) is 0 Å². The molecule has 0 fully saturated rings. The molecule has 0 spiro atoms. The molecule has 0 saturated carbocycles. The molecule has 0 N–H and O–H groups in total. The van der Waals surface area contributed by atoms with E-state index in [0.29, 0.717) is 0 Å². The topological polar surface area (TPSA) is 8.17 Å². The van der Waals surface area contributed by atoms with Crippen LogP contribution in [0.5, 0.6) is 0 Å². The molecule has 0 aliphatic heterocycles. The van der Waals surface area contributed by atoms with Gasteiger partial charge in [0.1, 0.15) is 0 Å². The molecule has 2 nitrogen and oxygen atoms in total. The summed E-state index contributed by atoms with van der Waals surface area (Å²) in [5, 5.41) is 4.95. The highest BCUT2D eigenvalue weighted by atomic mass is 15.2. The third kappa shape index (κ3) is 8.29. The first-order valence-corrected chi connectivity index (χ1v) is 23.0. The van der Waals surface area contributed by atoms with Crippen molar-refractivity contribution in [2.24, 2.45) is 0 Å². The van der Waals surface area contributed by atoms with Gasteiger partial charge in [-0.15, -0.1) is 0 Å². The Bertz CT molecular complexity index is 3540. The van der Waals surface area contributed by atoms with Gasteiger partial charge in [0, 0.05) is 22.2 Å². The molecule has 0 saturated heterocycles. The molecule has 0 radical (unpaired) electrons. The minimum atomic E-state index is 0.775. The molecule has 2 heteroatoms. The smallest absolute Gasteiger partial charge is 0.0702 e. The minimum absolute atomic E-state index is 0.775. The number of fused-ring (bicyclic) bond motifs is 4. The van der Waals surface area contributed by atoms with E-state index < -0.39 is 0 Å². The summed E-state index contributed by atoms with van der Waals surface area (Å²) < 4.78 is 2.40. The average molecular weight is 857 g/mol. The lowest BCUT2D eigenvalue weighted by atomic mass is 9.92. The number of para-hydroxylation sites is 4. The number of anilines is 2. The monoisotopic (exact) mass is 856 g/mol. The van der Waals surface area contributed by atoms with Crippen molar-refractivity contribution >= 4 is 49.5 Å². The van der Waals surface area contributed by atoms with Crippen LogP contribution in [0.25, 0.3) is 77.2 Å². The number of nitrogens with zero attached hydrogens (tertiary/aromatic N) is 2. The van der Waals surface area contributed by atoms with Crippen LogP contribution in [0, 0.1) is 0 Å². The van der Waals surface area contributed by atoms with Crippen LogP contribution < -0.4 is 4.90 Å². The summed E-state index contributed by atoms with van der Waals surface area (Å²) in [5.41, 5.74) is 17.2. The van der Waals surface area contributed by atoms with E-state index in [1.54, 1.807) is 0 Å². The van der Waals surface area contributed by atoms with Crippen molar-refractivity contribution in [2.45, 2.75) is 6.42 Å². The fraction of sp³-hybridized carbons (Fsp3) is 0.0154. The molecule has 10 aromatic carbocycles. The van der Waals surface area contributed by atoms with Crippen LogP contribution in [0.1, 0.15) is 11.1 Å². The lowest BCUT2D eigenvalue weighted by Gasteiger charge is -2.28. The Morgan fingerprint density at radius 2 is 0.985 bits per heavy atom. The Morgan fingerprint density at radius 1 is 0.448 bits per heavy atom. The normalized spacial score (nSPS) is 11.7. The van der Waals surface area contributed by atoms with Crippen LogP contribution >= 0.6 is 0 Å². The van der Waals surface area contributed by atoms with Gasteiger partial charge in [-0.3, -0.25) is 0 Å². The molecule has 11 rings (SSSR count). The van der Waals surface area contributed by atoms with Gasteiger partial charge in [-0.1, -0.05) is 225 Å². The molecule has 0 aliphatic carbocycles. The van der Waals surface area contributed by atoms with Gasteiger partial charge >= 0.3 is 0 Å². The van der Waals surface area contributed by atoms with Gasteiger partial charge in [0.05, 0.1) is 22.4 Å². The van der Waals surface area contributed by atoms with Crippen molar-refractivity contribution in [3.05, 3.63) is 290 Å². The summed E-state index contributed by atoms with van der Waals surface area (Å²) in [7, 11) is 0. The number of hydrogen-bond donors (Lipinski definition) is 0. The van der Waals surface area contributed by atoms with Gasteiger partial charge in [-0.25, -0.2) is 0 Å². The van der Waals surface area contributed by atoms with Crippen molar-refractivity contribution < 1.29 is 0 Å². The van der Waals surface area contributed by atoms with Gasteiger partial charge < -0.3 is 9.47 Å². The van der Waals surface area contributed by atoms with E-state index in [2.05, 4.69) is 276 Å². The van der Waals surface area contributed by atoms with Gasteiger partial charge in [0.15, 0.2) is 0 Å². The largest absolute Gasteiger partial charge is 0.309 e. The van der Waals surface area contributed by atoms with Crippen LogP contribution in [0.2, 0.25) is 0 Å². The van der Waals surface area contributed by atoms with E-state index in [9.17, 15) is 0 Å².